The minimum absolute atomic E-state index is 0.211. The molecule has 6 nitrogen and oxygen atoms in total. The molecule has 0 aliphatic rings. The van der Waals surface area contributed by atoms with Gasteiger partial charge >= 0.3 is 0 Å². The lowest BCUT2D eigenvalue weighted by Crippen LogP contribution is -2.26. The normalized spacial score (nSPS) is 10.0. The maximum absolute atomic E-state index is 11.6. The predicted molar refractivity (Wildman–Crippen MR) is 65.0 cm³/mol. The molecule has 0 saturated heterocycles. The molecule has 0 aliphatic carbocycles. The SMILES string of the molecule is CCNc1ccc(C(=O)NCCCOC)nn1. The standard InChI is InChI=1S/C11H18N4O2/c1-3-12-10-6-5-9(14-15-10)11(16)13-7-4-8-17-2/h5-6H,3-4,7-8H2,1-2H3,(H,12,15)(H,13,16). The van der Waals surface area contributed by atoms with Crippen molar-refractivity contribution in [1.29, 1.82) is 0 Å². The van der Waals surface area contributed by atoms with Crippen LogP contribution < -0.4 is 10.6 Å². The highest BCUT2D eigenvalue weighted by atomic mass is 16.5. The summed E-state index contributed by atoms with van der Waals surface area (Å²) in [7, 11) is 1.63. The van der Waals surface area contributed by atoms with E-state index in [-0.39, 0.29) is 5.91 Å². The molecule has 0 bridgehead atoms. The molecule has 17 heavy (non-hydrogen) atoms. The average Bonchev–Trinajstić information content (AvgIpc) is 2.36. The molecular weight excluding hydrogens is 220 g/mol. The number of ether oxygens (including phenoxy) is 1. The van der Waals surface area contributed by atoms with Gasteiger partial charge in [0.05, 0.1) is 0 Å². The summed E-state index contributed by atoms with van der Waals surface area (Å²) in [5.41, 5.74) is 0.323. The van der Waals surface area contributed by atoms with Crippen molar-refractivity contribution in [1.82, 2.24) is 15.5 Å². The van der Waals surface area contributed by atoms with E-state index in [9.17, 15) is 4.79 Å². The van der Waals surface area contributed by atoms with Crippen LogP contribution >= 0.6 is 0 Å². The van der Waals surface area contributed by atoms with Crippen LogP contribution in [0.25, 0.3) is 0 Å². The number of anilines is 1. The molecule has 0 unspecified atom stereocenters. The van der Waals surface area contributed by atoms with Gasteiger partial charge in [0.1, 0.15) is 5.82 Å². The largest absolute Gasteiger partial charge is 0.385 e. The molecule has 94 valence electrons. The van der Waals surface area contributed by atoms with Crippen molar-refractivity contribution in [3.05, 3.63) is 17.8 Å². The van der Waals surface area contributed by atoms with E-state index in [1.807, 2.05) is 6.92 Å². The molecular formula is C11H18N4O2. The minimum Gasteiger partial charge on any atom is -0.385 e. The Labute approximate surface area is 101 Å². The molecule has 0 spiro atoms. The van der Waals surface area contributed by atoms with E-state index in [0.29, 0.717) is 24.7 Å². The number of amides is 1. The van der Waals surface area contributed by atoms with E-state index < -0.39 is 0 Å². The molecule has 1 amide bonds. The van der Waals surface area contributed by atoms with Gasteiger partial charge in [0.15, 0.2) is 5.69 Å². The summed E-state index contributed by atoms with van der Waals surface area (Å²) < 4.78 is 4.88. The van der Waals surface area contributed by atoms with E-state index in [1.165, 1.54) is 0 Å². The first-order chi connectivity index (χ1) is 8.27. The number of hydrogen-bond donors (Lipinski definition) is 2. The van der Waals surface area contributed by atoms with Gasteiger partial charge in [0.2, 0.25) is 0 Å². The molecule has 0 atom stereocenters. The van der Waals surface area contributed by atoms with Gasteiger partial charge in [-0.2, -0.15) is 0 Å². The number of hydrogen-bond acceptors (Lipinski definition) is 5. The lowest BCUT2D eigenvalue weighted by molar-refractivity contribution is 0.0942. The van der Waals surface area contributed by atoms with E-state index in [0.717, 1.165) is 13.0 Å². The first-order valence-electron chi connectivity index (χ1n) is 5.62. The second-order valence-corrected chi connectivity index (χ2v) is 3.44. The number of carbonyl (C=O) groups excluding carboxylic acids is 1. The Kier molecular flexibility index (Phi) is 5.95. The van der Waals surface area contributed by atoms with E-state index in [1.54, 1.807) is 19.2 Å². The van der Waals surface area contributed by atoms with Gasteiger partial charge in [-0.15, -0.1) is 10.2 Å². The predicted octanol–water partition coefficient (Wildman–Crippen LogP) is 0.675. The van der Waals surface area contributed by atoms with E-state index in [4.69, 9.17) is 4.74 Å². The zero-order chi connectivity index (χ0) is 12.5. The average molecular weight is 238 g/mol. The molecule has 1 aromatic heterocycles. The van der Waals surface area contributed by atoms with Crippen LogP contribution in [0.2, 0.25) is 0 Å². The second-order valence-electron chi connectivity index (χ2n) is 3.44. The summed E-state index contributed by atoms with van der Waals surface area (Å²) in [6.45, 7) is 3.95. The zero-order valence-electron chi connectivity index (χ0n) is 10.2. The number of rotatable bonds is 7. The fraction of sp³-hybridized carbons (Fsp3) is 0.545. The molecule has 0 saturated carbocycles. The van der Waals surface area contributed by atoms with E-state index >= 15 is 0 Å². The highest BCUT2D eigenvalue weighted by Gasteiger charge is 2.06. The van der Waals surface area contributed by atoms with Gasteiger partial charge < -0.3 is 15.4 Å². The summed E-state index contributed by atoms with van der Waals surface area (Å²) in [5.74, 6) is 0.458. The van der Waals surface area contributed by atoms with Crippen molar-refractivity contribution in [2.75, 3.05) is 32.1 Å². The molecule has 6 heteroatoms. The number of nitrogens with zero attached hydrogens (tertiary/aromatic N) is 2. The van der Waals surface area contributed by atoms with Gasteiger partial charge in [-0.1, -0.05) is 0 Å². The van der Waals surface area contributed by atoms with Crippen LogP contribution in [0, 0.1) is 0 Å². The van der Waals surface area contributed by atoms with Crippen molar-refractivity contribution in [3.63, 3.8) is 0 Å². The summed E-state index contributed by atoms with van der Waals surface area (Å²) in [4.78, 5) is 11.6. The van der Waals surface area contributed by atoms with Gasteiger partial charge in [-0.3, -0.25) is 4.79 Å². The molecule has 1 rings (SSSR count). The number of nitrogens with one attached hydrogen (secondary N) is 2. The van der Waals surface area contributed by atoms with Crippen molar-refractivity contribution in [2.45, 2.75) is 13.3 Å². The fourth-order valence-electron chi connectivity index (χ4n) is 1.24. The maximum Gasteiger partial charge on any atom is 0.271 e. The first-order valence-corrected chi connectivity index (χ1v) is 5.62. The molecule has 2 N–H and O–H groups in total. The van der Waals surface area contributed by atoms with Gasteiger partial charge in [-0.05, 0) is 25.5 Å². The number of aromatic nitrogens is 2. The van der Waals surface area contributed by atoms with Crippen LogP contribution in [0.3, 0.4) is 0 Å². The molecule has 1 heterocycles. The lowest BCUT2D eigenvalue weighted by Gasteiger charge is -2.04. The minimum atomic E-state index is -0.211. The third-order valence-corrected chi connectivity index (χ3v) is 2.07. The summed E-state index contributed by atoms with van der Waals surface area (Å²) in [5, 5.41) is 13.5. The Balaban J connectivity index is 2.40. The molecule has 0 radical (unpaired) electrons. The van der Waals surface area contributed by atoms with Crippen molar-refractivity contribution >= 4 is 11.7 Å². The summed E-state index contributed by atoms with van der Waals surface area (Å²) in [6, 6.07) is 3.39. The molecule has 0 aromatic carbocycles. The van der Waals surface area contributed by atoms with Crippen LogP contribution in [0.1, 0.15) is 23.8 Å². The van der Waals surface area contributed by atoms with Crippen molar-refractivity contribution < 1.29 is 9.53 Å². The van der Waals surface area contributed by atoms with Crippen molar-refractivity contribution in [3.8, 4) is 0 Å². The molecule has 1 aromatic rings. The maximum atomic E-state index is 11.6. The lowest BCUT2D eigenvalue weighted by atomic mass is 10.3. The quantitative estimate of drug-likeness (QED) is 0.683. The topological polar surface area (TPSA) is 76.1 Å². The number of carbonyl (C=O) groups is 1. The highest BCUT2D eigenvalue weighted by Crippen LogP contribution is 2.01. The van der Waals surface area contributed by atoms with Crippen LogP contribution in [-0.4, -0.2) is 42.9 Å². The van der Waals surface area contributed by atoms with E-state index in [2.05, 4.69) is 20.8 Å². The van der Waals surface area contributed by atoms with Crippen LogP contribution in [0.4, 0.5) is 5.82 Å². The monoisotopic (exact) mass is 238 g/mol. The highest BCUT2D eigenvalue weighted by molar-refractivity contribution is 5.92. The molecule has 0 aliphatic heterocycles. The Morgan fingerprint density at radius 1 is 1.41 bits per heavy atom. The van der Waals surface area contributed by atoms with Gasteiger partial charge in [0.25, 0.3) is 5.91 Å². The Morgan fingerprint density at radius 3 is 2.82 bits per heavy atom. The van der Waals surface area contributed by atoms with Gasteiger partial charge in [-0.25, -0.2) is 0 Å². The van der Waals surface area contributed by atoms with Crippen LogP contribution in [-0.2, 0) is 4.74 Å². The van der Waals surface area contributed by atoms with Crippen LogP contribution in [0.15, 0.2) is 12.1 Å². The zero-order valence-corrected chi connectivity index (χ0v) is 10.2. The van der Waals surface area contributed by atoms with Crippen LogP contribution in [0.5, 0.6) is 0 Å². The third kappa shape index (κ3) is 4.78. The smallest absolute Gasteiger partial charge is 0.271 e. The number of methoxy groups -OCH3 is 1. The second kappa shape index (κ2) is 7.56. The Morgan fingerprint density at radius 2 is 2.24 bits per heavy atom. The Bertz CT molecular complexity index is 340. The van der Waals surface area contributed by atoms with Crippen molar-refractivity contribution in [2.24, 2.45) is 0 Å². The first kappa shape index (κ1) is 13.4. The van der Waals surface area contributed by atoms with Gasteiger partial charge in [0, 0.05) is 26.8 Å². The third-order valence-electron chi connectivity index (χ3n) is 2.07. The molecule has 0 fully saturated rings. The summed E-state index contributed by atoms with van der Waals surface area (Å²) in [6.07, 6.45) is 0.783. The Hall–Kier alpha value is -1.69. The fourth-order valence-corrected chi connectivity index (χ4v) is 1.24. The summed E-state index contributed by atoms with van der Waals surface area (Å²) >= 11 is 0.